The van der Waals surface area contributed by atoms with E-state index in [1.54, 1.807) is 0 Å². The Morgan fingerprint density at radius 2 is 0.625 bits per heavy atom. The van der Waals surface area contributed by atoms with Crippen molar-refractivity contribution in [1.29, 1.82) is 0 Å². The molecule has 0 radical (unpaired) electrons. The Bertz CT molecular complexity index is 2060. The van der Waals surface area contributed by atoms with Crippen molar-refractivity contribution in [2.75, 3.05) is 0 Å². The Morgan fingerprint density at radius 1 is 0.350 bits per heavy atom. The number of ether oxygens (including phenoxy) is 2. The van der Waals surface area contributed by atoms with Gasteiger partial charge in [0.1, 0.15) is 11.2 Å². The Morgan fingerprint density at radius 3 is 0.950 bits per heavy atom. The quantitative estimate of drug-likeness (QED) is 0.161. The van der Waals surface area contributed by atoms with Crippen molar-refractivity contribution in [2.24, 2.45) is 0 Å². The van der Waals surface area contributed by atoms with Crippen molar-refractivity contribution >= 4 is 43.1 Å². The molecule has 6 aromatic carbocycles. The van der Waals surface area contributed by atoms with Crippen molar-refractivity contribution in [3.05, 3.63) is 144 Å². The first-order chi connectivity index (χ1) is 19.5. The second kappa shape index (κ2) is 6.55. The predicted octanol–water partition coefficient (Wildman–Crippen LogP) is 9.02. The van der Waals surface area contributed by atoms with Gasteiger partial charge in [0.2, 0.25) is 0 Å². The lowest BCUT2D eigenvalue weighted by atomic mass is 9.65. The number of hydrogen-bond acceptors (Lipinski definition) is 2. The fourth-order valence-corrected chi connectivity index (χ4v) is 8.75. The highest BCUT2D eigenvalue weighted by Gasteiger charge is 2.71. The first kappa shape index (κ1) is 21.6. The van der Waals surface area contributed by atoms with Crippen molar-refractivity contribution in [3.8, 4) is 0 Å². The Kier molecular flexibility index (Phi) is 3.53. The van der Waals surface area contributed by atoms with Gasteiger partial charge in [-0.1, -0.05) is 97.1 Å². The molecule has 4 atom stereocenters. The zero-order valence-corrected chi connectivity index (χ0v) is 22.4. The molecule has 0 N–H and O–H groups in total. The average Bonchev–Trinajstić information content (AvgIpc) is 3.71. The summed E-state index contributed by atoms with van der Waals surface area (Å²) in [6.45, 7) is 4.45. The Balaban J connectivity index is 1.42. The van der Waals surface area contributed by atoms with E-state index in [4.69, 9.17) is 9.47 Å². The van der Waals surface area contributed by atoms with E-state index in [9.17, 15) is 0 Å². The van der Waals surface area contributed by atoms with Crippen LogP contribution < -0.4 is 0 Å². The lowest BCUT2D eigenvalue weighted by Crippen LogP contribution is -2.46. The topological polar surface area (TPSA) is 18.5 Å². The summed E-state index contributed by atoms with van der Waals surface area (Å²) >= 11 is 0. The fraction of sp³-hybridized carbons (Fsp3) is 0.158. The van der Waals surface area contributed by atoms with Crippen LogP contribution >= 0.6 is 0 Å². The van der Waals surface area contributed by atoms with Gasteiger partial charge in [0.25, 0.3) is 0 Å². The van der Waals surface area contributed by atoms with Crippen LogP contribution in [-0.2, 0) is 31.9 Å². The number of benzene rings is 6. The van der Waals surface area contributed by atoms with Crippen molar-refractivity contribution < 1.29 is 9.47 Å². The molecule has 6 aromatic rings. The monoisotopic (exact) mass is 514 g/mol. The first-order valence-electron chi connectivity index (χ1n) is 14.2. The Hall–Kier alpha value is -4.24. The van der Waals surface area contributed by atoms with Gasteiger partial charge in [-0.15, -0.1) is 0 Å². The predicted molar refractivity (Wildman–Crippen MR) is 161 cm³/mol. The van der Waals surface area contributed by atoms with E-state index in [1.165, 1.54) is 65.3 Å². The normalized spacial score (nSPS) is 30.8. The molecule has 190 valence electrons. The van der Waals surface area contributed by atoms with Gasteiger partial charge in [0, 0.05) is 22.3 Å². The maximum Gasteiger partial charge on any atom is 0.151 e. The lowest BCUT2D eigenvalue weighted by Gasteiger charge is -2.41. The van der Waals surface area contributed by atoms with E-state index >= 15 is 0 Å². The van der Waals surface area contributed by atoms with Crippen LogP contribution in [-0.4, -0.2) is 0 Å². The molecule has 0 aliphatic carbocycles. The molecule has 4 bridgehead atoms. The molecule has 4 aliphatic heterocycles. The highest BCUT2D eigenvalue weighted by molar-refractivity contribution is 6.14. The van der Waals surface area contributed by atoms with Crippen LogP contribution in [0.4, 0.5) is 0 Å². The molecule has 0 fully saturated rings. The van der Waals surface area contributed by atoms with E-state index in [2.05, 4.69) is 135 Å². The second-order valence-corrected chi connectivity index (χ2v) is 12.2. The summed E-state index contributed by atoms with van der Waals surface area (Å²) in [6, 6.07) is 35.2. The van der Waals surface area contributed by atoms with E-state index in [0.29, 0.717) is 0 Å². The molecular formula is C38H26O2. The molecule has 10 rings (SSSR count). The minimum absolute atomic E-state index is 0.556. The van der Waals surface area contributed by atoms with Gasteiger partial charge in [0.05, 0.1) is 0 Å². The average molecular weight is 515 g/mol. The number of hydrogen-bond donors (Lipinski definition) is 0. The molecule has 2 heteroatoms. The third-order valence-corrected chi connectivity index (χ3v) is 10.2. The van der Waals surface area contributed by atoms with Crippen LogP contribution in [0.5, 0.6) is 0 Å². The van der Waals surface area contributed by atoms with E-state index in [1.807, 2.05) is 0 Å². The third-order valence-electron chi connectivity index (χ3n) is 10.2. The number of rotatable bonds is 1. The van der Waals surface area contributed by atoms with Crippen LogP contribution in [0.3, 0.4) is 0 Å². The van der Waals surface area contributed by atoms with E-state index in [0.717, 1.165) is 0 Å². The SMILES string of the molecule is CC12C=CC(C34C=CC(C)(O3)c3c4c4ccccc4c4ccccc34)(O1)c1c2c2ccccc2c2ccccc12. The van der Waals surface area contributed by atoms with Gasteiger partial charge < -0.3 is 9.47 Å². The third kappa shape index (κ3) is 2.12. The molecule has 0 saturated carbocycles. The second-order valence-electron chi connectivity index (χ2n) is 12.2. The molecule has 0 saturated heterocycles. The summed E-state index contributed by atoms with van der Waals surface area (Å²) in [5, 5.41) is 10.0. The molecule has 4 aliphatic rings. The fourth-order valence-electron chi connectivity index (χ4n) is 8.75. The van der Waals surface area contributed by atoms with Gasteiger partial charge >= 0.3 is 0 Å². The number of fused-ring (bicyclic) bond motifs is 21. The van der Waals surface area contributed by atoms with Gasteiger partial charge in [-0.2, -0.15) is 0 Å². The molecule has 0 aromatic heterocycles. The van der Waals surface area contributed by atoms with Gasteiger partial charge in [0.15, 0.2) is 11.2 Å². The smallest absolute Gasteiger partial charge is 0.151 e. The molecule has 0 spiro atoms. The molecule has 4 heterocycles. The van der Waals surface area contributed by atoms with E-state index in [-0.39, 0.29) is 0 Å². The van der Waals surface area contributed by atoms with Crippen LogP contribution in [0.15, 0.2) is 121 Å². The summed E-state index contributed by atoms with van der Waals surface area (Å²) in [6.07, 6.45) is 9.18. The minimum atomic E-state index is -0.814. The van der Waals surface area contributed by atoms with Gasteiger partial charge in [-0.3, -0.25) is 0 Å². The van der Waals surface area contributed by atoms with Crippen LogP contribution in [0.25, 0.3) is 43.1 Å². The summed E-state index contributed by atoms with van der Waals surface area (Å²) in [4.78, 5) is 0. The summed E-state index contributed by atoms with van der Waals surface area (Å²) in [5.41, 5.74) is 2.28. The Labute approximate surface area is 232 Å². The van der Waals surface area contributed by atoms with Crippen LogP contribution in [0, 0.1) is 0 Å². The van der Waals surface area contributed by atoms with Gasteiger partial charge in [-0.25, -0.2) is 0 Å². The largest absolute Gasteiger partial charge is 0.347 e. The van der Waals surface area contributed by atoms with Crippen molar-refractivity contribution in [1.82, 2.24) is 0 Å². The standard InChI is InChI=1S/C38H26O2/c1-35-19-21-37(39-35,33-29-17-9-5-13-25(29)23-11-3-7-15-27(23)31(33)35)38-22-20-36(2,40-38)32-28-16-8-4-12-24(28)26-14-6-10-18-30(26)34(32)38/h3-22H,1-2H3. The van der Waals surface area contributed by atoms with Gasteiger partial charge in [-0.05, 0) is 81.2 Å². The van der Waals surface area contributed by atoms with Crippen LogP contribution in [0.1, 0.15) is 36.1 Å². The zero-order valence-electron chi connectivity index (χ0n) is 22.4. The maximum atomic E-state index is 7.41. The molecule has 4 unspecified atom stereocenters. The lowest BCUT2D eigenvalue weighted by molar-refractivity contribution is -0.196. The van der Waals surface area contributed by atoms with Crippen LogP contribution in [0.2, 0.25) is 0 Å². The summed E-state index contributed by atoms with van der Waals surface area (Å²) < 4.78 is 14.8. The van der Waals surface area contributed by atoms with E-state index < -0.39 is 22.4 Å². The maximum absolute atomic E-state index is 7.41. The molecular weight excluding hydrogens is 488 g/mol. The summed E-state index contributed by atoms with van der Waals surface area (Å²) in [5.74, 6) is 0. The first-order valence-corrected chi connectivity index (χ1v) is 14.2. The van der Waals surface area contributed by atoms with Crippen molar-refractivity contribution in [2.45, 2.75) is 36.3 Å². The molecule has 0 amide bonds. The summed E-state index contributed by atoms with van der Waals surface area (Å²) in [7, 11) is 0. The minimum Gasteiger partial charge on any atom is -0.347 e. The zero-order chi connectivity index (χ0) is 26.5. The molecule has 2 nitrogen and oxygen atoms in total. The molecule has 40 heavy (non-hydrogen) atoms. The highest BCUT2D eigenvalue weighted by atomic mass is 16.6. The van der Waals surface area contributed by atoms with Crippen molar-refractivity contribution in [3.63, 3.8) is 0 Å². The highest BCUT2D eigenvalue weighted by Crippen LogP contribution is 2.71.